The standard InChI is InChI=1S/C17H34N4O5/c1-16(2,3)25-14(23)20-11-10-19-13(22)12(8-7-9-18)21-15(24)26-17(4,5)6/h12H,7-11,18H2,1-6H3,(H,19,22)(H,20,23)(H,21,24)/t12-/m0/s1. The van der Waals surface area contributed by atoms with E-state index in [1.165, 1.54) is 0 Å². The van der Waals surface area contributed by atoms with Crippen LogP contribution in [-0.4, -0.2) is 55.0 Å². The Morgan fingerprint density at radius 1 is 0.885 bits per heavy atom. The Labute approximate surface area is 155 Å². The van der Waals surface area contributed by atoms with E-state index in [0.717, 1.165) is 0 Å². The average Bonchev–Trinajstić information content (AvgIpc) is 2.43. The molecule has 0 rings (SSSR count). The van der Waals surface area contributed by atoms with E-state index in [4.69, 9.17) is 15.2 Å². The Bertz CT molecular complexity index is 469. The molecule has 0 heterocycles. The van der Waals surface area contributed by atoms with Crippen molar-refractivity contribution in [2.24, 2.45) is 5.73 Å². The minimum absolute atomic E-state index is 0.202. The molecule has 0 aliphatic carbocycles. The lowest BCUT2D eigenvalue weighted by Gasteiger charge is -2.23. The molecule has 0 fully saturated rings. The van der Waals surface area contributed by atoms with Gasteiger partial charge in [0, 0.05) is 13.1 Å². The highest BCUT2D eigenvalue weighted by atomic mass is 16.6. The number of hydrogen-bond acceptors (Lipinski definition) is 6. The molecule has 0 saturated carbocycles. The predicted octanol–water partition coefficient (Wildman–Crippen LogP) is 1.26. The van der Waals surface area contributed by atoms with Gasteiger partial charge in [0.05, 0.1) is 0 Å². The molecule has 0 aromatic rings. The average molecular weight is 374 g/mol. The van der Waals surface area contributed by atoms with Crippen molar-refractivity contribution in [3.63, 3.8) is 0 Å². The van der Waals surface area contributed by atoms with E-state index in [1.54, 1.807) is 41.5 Å². The van der Waals surface area contributed by atoms with Crippen LogP contribution in [0.4, 0.5) is 9.59 Å². The Morgan fingerprint density at radius 3 is 1.88 bits per heavy atom. The zero-order valence-corrected chi connectivity index (χ0v) is 16.7. The highest BCUT2D eigenvalue weighted by Gasteiger charge is 2.24. The van der Waals surface area contributed by atoms with Crippen LogP contribution in [0.3, 0.4) is 0 Å². The maximum atomic E-state index is 12.3. The summed E-state index contributed by atoms with van der Waals surface area (Å²) in [5.41, 5.74) is 4.24. The zero-order chi connectivity index (χ0) is 20.4. The fraction of sp³-hybridized carbons (Fsp3) is 0.824. The van der Waals surface area contributed by atoms with E-state index in [0.29, 0.717) is 19.4 Å². The largest absolute Gasteiger partial charge is 0.444 e. The SMILES string of the molecule is CC(C)(C)OC(=O)NCCNC(=O)[C@H](CCCN)NC(=O)OC(C)(C)C. The second kappa shape index (κ2) is 10.8. The third-order valence-corrected chi connectivity index (χ3v) is 2.80. The molecule has 3 amide bonds. The van der Waals surface area contributed by atoms with Gasteiger partial charge in [-0.05, 0) is 60.9 Å². The quantitative estimate of drug-likeness (QED) is 0.473. The fourth-order valence-electron chi connectivity index (χ4n) is 1.83. The molecular formula is C17H34N4O5. The Hall–Kier alpha value is -2.03. The van der Waals surface area contributed by atoms with Crippen LogP contribution >= 0.6 is 0 Å². The first-order valence-corrected chi connectivity index (χ1v) is 8.78. The Morgan fingerprint density at radius 2 is 1.38 bits per heavy atom. The molecular weight excluding hydrogens is 340 g/mol. The van der Waals surface area contributed by atoms with Gasteiger partial charge in [0.25, 0.3) is 0 Å². The number of carbonyl (C=O) groups excluding carboxylic acids is 3. The van der Waals surface area contributed by atoms with Crippen LogP contribution in [0.1, 0.15) is 54.4 Å². The van der Waals surface area contributed by atoms with Crippen LogP contribution in [0.25, 0.3) is 0 Å². The number of ether oxygens (including phenoxy) is 2. The molecule has 0 radical (unpaired) electrons. The lowest BCUT2D eigenvalue weighted by atomic mass is 10.1. The summed E-state index contributed by atoms with van der Waals surface area (Å²) in [7, 11) is 0. The minimum Gasteiger partial charge on any atom is -0.444 e. The minimum atomic E-state index is -0.755. The molecule has 26 heavy (non-hydrogen) atoms. The summed E-state index contributed by atoms with van der Waals surface area (Å²) < 4.78 is 10.3. The van der Waals surface area contributed by atoms with Gasteiger partial charge in [-0.15, -0.1) is 0 Å². The van der Waals surface area contributed by atoms with E-state index in [-0.39, 0.29) is 19.0 Å². The number of nitrogens with two attached hydrogens (primary N) is 1. The monoisotopic (exact) mass is 374 g/mol. The number of amides is 3. The molecule has 0 saturated heterocycles. The van der Waals surface area contributed by atoms with Crippen molar-refractivity contribution >= 4 is 18.1 Å². The van der Waals surface area contributed by atoms with Crippen LogP contribution in [0, 0.1) is 0 Å². The van der Waals surface area contributed by atoms with Gasteiger partial charge in [0.1, 0.15) is 17.2 Å². The molecule has 0 unspecified atom stereocenters. The molecule has 0 bridgehead atoms. The molecule has 0 aromatic carbocycles. The smallest absolute Gasteiger partial charge is 0.408 e. The second-order valence-corrected chi connectivity index (χ2v) is 7.85. The van der Waals surface area contributed by atoms with E-state index >= 15 is 0 Å². The number of alkyl carbamates (subject to hydrolysis) is 2. The Balaban J connectivity index is 4.38. The lowest BCUT2D eigenvalue weighted by Crippen LogP contribution is -2.49. The van der Waals surface area contributed by atoms with E-state index < -0.39 is 29.4 Å². The highest BCUT2D eigenvalue weighted by molar-refractivity contribution is 5.85. The van der Waals surface area contributed by atoms with Crippen molar-refractivity contribution < 1.29 is 23.9 Å². The maximum absolute atomic E-state index is 12.3. The number of hydrogen-bond donors (Lipinski definition) is 4. The van der Waals surface area contributed by atoms with Crippen LogP contribution in [0.5, 0.6) is 0 Å². The highest BCUT2D eigenvalue weighted by Crippen LogP contribution is 2.08. The summed E-state index contributed by atoms with van der Waals surface area (Å²) in [6.07, 6.45) is -0.259. The third-order valence-electron chi connectivity index (χ3n) is 2.80. The van der Waals surface area contributed by atoms with Crippen molar-refractivity contribution in [3.05, 3.63) is 0 Å². The van der Waals surface area contributed by atoms with Gasteiger partial charge in [-0.3, -0.25) is 4.79 Å². The normalized spacial score (nSPS) is 12.7. The first-order chi connectivity index (χ1) is 11.8. The number of rotatable bonds is 8. The Kier molecular flexibility index (Phi) is 10.0. The van der Waals surface area contributed by atoms with E-state index in [2.05, 4.69) is 16.0 Å². The van der Waals surface area contributed by atoms with E-state index in [9.17, 15) is 14.4 Å². The second-order valence-electron chi connectivity index (χ2n) is 7.85. The van der Waals surface area contributed by atoms with Crippen LogP contribution in [0.2, 0.25) is 0 Å². The molecule has 0 aliphatic heterocycles. The van der Waals surface area contributed by atoms with Crippen LogP contribution < -0.4 is 21.7 Å². The molecule has 9 heteroatoms. The van der Waals surface area contributed by atoms with Crippen LogP contribution in [-0.2, 0) is 14.3 Å². The predicted molar refractivity (Wildman–Crippen MR) is 98.7 cm³/mol. The van der Waals surface area contributed by atoms with Gasteiger partial charge in [-0.1, -0.05) is 0 Å². The summed E-state index contributed by atoms with van der Waals surface area (Å²) in [5.74, 6) is -0.365. The zero-order valence-electron chi connectivity index (χ0n) is 16.7. The van der Waals surface area contributed by atoms with Crippen molar-refractivity contribution in [1.29, 1.82) is 0 Å². The van der Waals surface area contributed by atoms with Gasteiger partial charge in [-0.25, -0.2) is 9.59 Å². The van der Waals surface area contributed by atoms with Gasteiger partial charge < -0.3 is 31.2 Å². The van der Waals surface area contributed by atoms with Gasteiger partial charge >= 0.3 is 12.2 Å². The summed E-state index contributed by atoms with van der Waals surface area (Å²) in [6.45, 7) is 11.3. The molecule has 0 aliphatic rings. The van der Waals surface area contributed by atoms with Crippen LogP contribution in [0.15, 0.2) is 0 Å². The van der Waals surface area contributed by atoms with Crippen molar-refractivity contribution in [2.45, 2.75) is 71.6 Å². The number of nitrogens with one attached hydrogen (secondary N) is 3. The van der Waals surface area contributed by atoms with Crippen molar-refractivity contribution in [1.82, 2.24) is 16.0 Å². The topological polar surface area (TPSA) is 132 Å². The van der Waals surface area contributed by atoms with Crippen molar-refractivity contribution in [2.75, 3.05) is 19.6 Å². The lowest BCUT2D eigenvalue weighted by molar-refractivity contribution is -0.123. The van der Waals surface area contributed by atoms with Gasteiger partial charge in [0.2, 0.25) is 5.91 Å². The molecule has 1 atom stereocenters. The first kappa shape index (κ1) is 24.0. The third kappa shape index (κ3) is 13.3. The molecule has 0 aromatic heterocycles. The molecule has 9 nitrogen and oxygen atoms in total. The maximum Gasteiger partial charge on any atom is 0.408 e. The summed E-state index contributed by atoms with van der Waals surface area (Å²) in [5, 5.41) is 7.75. The summed E-state index contributed by atoms with van der Waals surface area (Å²) >= 11 is 0. The molecule has 0 spiro atoms. The molecule has 152 valence electrons. The number of carbonyl (C=O) groups is 3. The summed E-state index contributed by atoms with van der Waals surface area (Å²) in [4.78, 5) is 35.7. The van der Waals surface area contributed by atoms with E-state index in [1.807, 2.05) is 0 Å². The van der Waals surface area contributed by atoms with Crippen molar-refractivity contribution in [3.8, 4) is 0 Å². The van der Waals surface area contributed by atoms with Gasteiger partial charge in [0.15, 0.2) is 0 Å². The first-order valence-electron chi connectivity index (χ1n) is 8.78. The van der Waals surface area contributed by atoms with Gasteiger partial charge in [-0.2, -0.15) is 0 Å². The fourth-order valence-corrected chi connectivity index (χ4v) is 1.83. The summed E-state index contributed by atoms with van der Waals surface area (Å²) in [6, 6.07) is -0.755. The molecule has 5 N–H and O–H groups in total.